The lowest BCUT2D eigenvalue weighted by Gasteiger charge is -2.13. The molecular weight excluding hydrogens is 512 g/mol. The predicted molar refractivity (Wildman–Crippen MR) is 173 cm³/mol. The normalized spacial score (nSPS) is 11.8. The minimum absolute atomic E-state index is 0.835. The first-order valence-corrected chi connectivity index (χ1v) is 14.2. The summed E-state index contributed by atoms with van der Waals surface area (Å²) in [4.78, 5) is 0. The monoisotopic (exact) mass is 536 g/mol. The number of fused-ring (bicyclic) bond motifs is 9. The van der Waals surface area contributed by atoms with E-state index < -0.39 is 0 Å². The average Bonchev–Trinajstić information content (AvgIpc) is 3.66. The zero-order chi connectivity index (χ0) is 27.6. The Kier molecular flexibility index (Phi) is 4.87. The molecule has 196 valence electrons. The lowest BCUT2D eigenvalue weighted by molar-refractivity contribution is 1.11. The number of nitrogens with zero attached hydrogens (tertiary/aromatic N) is 4. The van der Waals surface area contributed by atoms with Crippen molar-refractivity contribution in [1.29, 1.82) is 0 Å². The van der Waals surface area contributed by atoms with E-state index in [0.717, 1.165) is 33.6 Å². The Morgan fingerprint density at radius 3 is 1.71 bits per heavy atom. The van der Waals surface area contributed by atoms with Crippen molar-refractivity contribution in [2.75, 3.05) is 0 Å². The van der Waals surface area contributed by atoms with Crippen molar-refractivity contribution < 1.29 is 0 Å². The summed E-state index contributed by atoms with van der Waals surface area (Å²) < 4.78 is 4.55. The van der Waals surface area contributed by atoms with Gasteiger partial charge in [0.15, 0.2) is 11.5 Å². The second-order valence-corrected chi connectivity index (χ2v) is 10.7. The van der Waals surface area contributed by atoms with Gasteiger partial charge < -0.3 is 4.57 Å². The maximum Gasteiger partial charge on any atom is 0.169 e. The van der Waals surface area contributed by atoms with Gasteiger partial charge in [0.1, 0.15) is 0 Å². The van der Waals surface area contributed by atoms with Crippen LogP contribution in [0.15, 0.2) is 146 Å². The number of aromatic nitrogens is 4. The molecule has 0 aliphatic heterocycles. The molecule has 4 heteroatoms. The highest BCUT2D eigenvalue weighted by Gasteiger charge is 2.18. The molecule has 3 aromatic heterocycles. The molecule has 9 rings (SSSR count). The molecule has 0 aliphatic carbocycles. The molecule has 0 atom stereocenters. The van der Waals surface area contributed by atoms with Crippen LogP contribution in [0.1, 0.15) is 0 Å². The molecule has 0 radical (unpaired) electrons. The fraction of sp³-hybridized carbons (Fsp3) is 0. The van der Waals surface area contributed by atoms with E-state index in [1.807, 2.05) is 0 Å². The van der Waals surface area contributed by atoms with Crippen molar-refractivity contribution in [3.05, 3.63) is 146 Å². The predicted octanol–water partition coefficient (Wildman–Crippen LogP) is 9.47. The van der Waals surface area contributed by atoms with E-state index in [0.29, 0.717) is 0 Å². The molecule has 3 heterocycles. The van der Waals surface area contributed by atoms with E-state index in [9.17, 15) is 0 Å². The molecule has 42 heavy (non-hydrogen) atoms. The van der Waals surface area contributed by atoms with E-state index in [1.54, 1.807) is 0 Å². The van der Waals surface area contributed by atoms with Crippen molar-refractivity contribution in [2.24, 2.45) is 0 Å². The lowest BCUT2D eigenvalue weighted by Crippen LogP contribution is -1.96. The molecule has 0 fully saturated rings. The molecular formula is C38H24N4. The highest BCUT2D eigenvalue weighted by molar-refractivity contribution is 6.18. The summed E-state index contributed by atoms with van der Waals surface area (Å²) in [6, 6.07) is 51.5. The van der Waals surface area contributed by atoms with Crippen molar-refractivity contribution in [3.8, 4) is 28.2 Å². The highest BCUT2D eigenvalue weighted by atomic mass is 15.2. The van der Waals surface area contributed by atoms with E-state index in [-0.39, 0.29) is 0 Å². The standard InChI is InChI=1S/C38H24N4/c1-2-11-25(12-3-1)28-16-10-17-32-36(28)31-15-6-9-20-35(31)42-37(39-40-38(32)42)26-21-23-27(24-22-26)41-33-18-7-4-13-29(33)30-14-5-8-19-34(30)41/h1-24H. The van der Waals surface area contributed by atoms with Gasteiger partial charge in [0.2, 0.25) is 0 Å². The van der Waals surface area contributed by atoms with Crippen molar-refractivity contribution in [1.82, 2.24) is 19.2 Å². The van der Waals surface area contributed by atoms with Gasteiger partial charge in [-0.3, -0.25) is 4.40 Å². The van der Waals surface area contributed by atoms with Gasteiger partial charge in [-0.25, -0.2) is 0 Å². The van der Waals surface area contributed by atoms with Crippen LogP contribution in [0.4, 0.5) is 0 Å². The Hall–Kier alpha value is -5.74. The first kappa shape index (κ1) is 23.0. The van der Waals surface area contributed by atoms with Crippen LogP contribution in [-0.4, -0.2) is 19.2 Å². The summed E-state index contributed by atoms with van der Waals surface area (Å²) in [5.41, 5.74) is 8.89. The molecule has 0 N–H and O–H groups in total. The smallest absolute Gasteiger partial charge is 0.169 e. The molecule has 0 aliphatic rings. The summed E-state index contributed by atoms with van der Waals surface area (Å²) in [5, 5.41) is 15.5. The average molecular weight is 537 g/mol. The van der Waals surface area contributed by atoms with Gasteiger partial charge in [-0.15, -0.1) is 10.2 Å². The Morgan fingerprint density at radius 2 is 1.00 bits per heavy atom. The minimum Gasteiger partial charge on any atom is -0.309 e. The first-order chi connectivity index (χ1) is 20.9. The van der Waals surface area contributed by atoms with E-state index >= 15 is 0 Å². The second-order valence-electron chi connectivity index (χ2n) is 10.7. The van der Waals surface area contributed by atoms with E-state index in [4.69, 9.17) is 10.2 Å². The van der Waals surface area contributed by atoms with Crippen molar-refractivity contribution >= 4 is 49.1 Å². The van der Waals surface area contributed by atoms with E-state index in [2.05, 4.69) is 155 Å². The SMILES string of the molecule is c1ccc(-c2cccc3c2c2ccccc2n2c(-c4ccc(-n5c6ccccc6c6ccccc65)cc4)nnc32)cc1. The third kappa shape index (κ3) is 3.23. The molecule has 6 aromatic carbocycles. The van der Waals surface area contributed by atoms with Crippen molar-refractivity contribution in [2.45, 2.75) is 0 Å². The van der Waals surface area contributed by atoms with Crippen LogP contribution in [0.3, 0.4) is 0 Å². The maximum atomic E-state index is 4.77. The molecule has 0 saturated carbocycles. The Balaban J connectivity index is 1.26. The van der Waals surface area contributed by atoms with Gasteiger partial charge in [-0.2, -0.15) is 0 Å². The van der Waals surface area contributed by atoms with Gasteiger partial charge >= 0.3 is 0 Å². The summed E-state index contributed by atoms with van der Waals surface area (Å²) in [6.45, 7) is 0. The quantitative estimate of drug-likeness (QED) is 0.211. The van der Waals surface area contributed by atoms with Gasteiger partial charge in [0.25, 0.3) is 0 Å². The number of hydrogen-bond donors (Lipinski definition) is 0. The topological polar surface area (TPSA) is 35.1 Å². The van der Waals surface area contributed by atoms with Crippen LogP contribution in [-0.2, 0) is 0 Å². The molecule has 0 bridgehead atoms. The Morgan fingerprint density at radius 1 is 0.405 bits per heavy atom. The van der Waals surface area contributed by atoms with Crippen LogP contribution < -0.4 is 0 Å². The number of benzene rings is 6. The third-order valence-corrected chi connectivity index (χ3v) is 8.43. The van der Waals surface area contributed by atoms with Crippen LogP contribution >= 0.6 is 0 Å². The van der Waals surface area contributed by atoms with Gasteiger partial charge in [0.05, 0.1) is 16.6 Å². The number of rotatable bonds is 3. The molecule has 0 unspecified atom stereocenters. The van der Waals surface area contributed by atoms with Crippen molar-refractivity contribution in [3.63, 3.8) is 0 Å². The summed E-state index contributed by atoms with van der Waals surface area (Å²) in [7, 11) is 0. The number of para-hydroxylation sites is 3. The van der Waals surface area contributed by atoms with E-state index in [1.165, 1.54) is 43.7 Å². The molecule has 0 spiro atoms. The fourth-order valence-corrected chi connectivity index (χ4v) is 6.60. The maximum absolute atomic E-state index is 4.77. The van der Waals surface area contributed by atoms with Crippen LogP contribution in [0.5, 0.6) is 0 Å². The minimum atomic E-state index is 0.835. The largest absolute Gasteiger partial charge is 0.309 e. The lowest BCUT2D eigenvalue weighted by atomic mass is 9.95. The Labute approximate surface area is 241 Å². The molecule has 0 amide bonds. The Bertz CT molecular complexity index is 2400. The highest BCUT2D eigenvalue weighted by Crippen LogP contribution is 2.38. The van der Waals surface area contributed by atoms with Crippen LogP contribution in [0.25, 0.3) is 77.3 Å². The van der Waals surface area contributed by atoms with Gasteiger partial charge in [0, 0.05) is 38.2 Å². The second kappa shape index (κ2) is 8.88. The number of hydrogen-bond acceptors (Lipinski definition) is 2. The summed E-state index contributed by atoms with van der Waals surface area (Å²) in [5.74, 6) is 0.835. The molecule has 0 saturated heterocycles. The fourth-order valence-electron chi connectivity index (χ4n) is 6.60. The van der Waals surface area contributed by atoms with Gasteiger partial charge in [-0.05, 0) is 53.6 Å². The zero-order valence-corrected chi connectivity index (χ0v) is 22.6. The first-order valence-electron chi connectivity index (χ1n) is 14.2. The number of pyridine rings is 1. The van der Waals surface area contributed by atoms with Gasteiger partial charge in [-0.1, -0.05) is 103 Å². The summed E-state index contributed by atoms with van der Waals surface area (Å²) in [6.07, 6.45) is 0. The summed E-state index contributed by atoms with van der Waals surface area (Å²) >= 11 is 0. The zero-order valence-electron chi connectivity index (χ0n) is 22.6. The third-order valence-electron chi connectivity index (χ3n) is 8.43. The molecule has 9 aromatic rings. The van der Waals surface area contributed by atoms with Crippen LogP contribution in [0, 0.1) is 0 Å². The molecule has 4 nitrogen and oxygen atoms in total. The van der Waals surface area contributed by atoms with Crippen LogP contribution in [0.2, 0.25) is 0 Å².